The van der Waals surface area contributed by atoms with Gasteiger partial charge in [0.15, 0.2) is 13.6 Å². The molecule has 6 heteroatoms. The first-order valence-electron chi connectivity index (χ1n) is 2.56. The fraction of sp³-hybridized carbons (Fsp3) is 0.500. The van der Waals surface area contributed by atoms with Crippen LogP contribution in [0.25, 0.3) is 0 Å². The van der Waals surface area contributed by atoms with E-state index in [0.29, 0.717) is 5.38 Å². The third-order valence-electron chi connectivity index (χ3n) is 0.671. The number of aliphatic hydroxyl groups is 2. The normalized spacial score (nSPS) is 12.5. The molecule has 0 radical (unpaired) electrons. The summed E-state index contributed by atoms with van der Waals surface area (Å²) in [6, 6.07) is 0. The minimum Gasteiger partial charge on any atom is -0.473 e. The summed E-state index contributed by atoms with van der Waals surface area (Å²) >= 11 is 5.45. The summed E-state index contributed by atoms with van der Waals surface area (Å²) in [7, 11) is -0.988. The van der Waals surface area contributed by atoms with Gasteiger partial charge in [-0.2, -0.15) is 11.1 Å². The van der Waals surface area contributed by atoms with Crippen molar-refractivity contribution in [1.29, 1.82) is 0 Å². The molecule has 10 heavy (non-hydrogen) atoms. The van der Waals surface area contributed by atoms with E-state index in [0.717, 1.165) is 0 Å². The van der Waals surface area contributed by atoms with Crippen LogP contribution in [0.5, 0.6) is 0 Å². The molecule has 4 nitrogen and oxygen atoms in total. The van der Waals surface area contributed by atoms with E-state index in [1.807, 2.05) is 0 Å². The van der Waals surface area contributed by atoms with E-state index in [-0.39, 0.29) is 0 Å². The van der Waals surface area contributed by atoms with Gasteiger partial charge in [-0.15, -0.1) is 0 Å². The minimum absolute atomic E-state index is 0.413. The molecule has 0 aliphatic carbocycles. The molecule has 0 bridgehead atoms. The second-order valence-corrected chi connectivity index (χ2v) is 3.05. The number of hydrogen-bond acceptors (Lipinski definition) is 4. The second kappa shape index (κ2) is 6.88. The zero-order chi connectivity index (χ0) is 7.82. The maximum atomic E-state index is 8.25. The lowest BCUT2D eigenvalue weighted by molar-refractivity contribution is 0.0298. The molecule has 0 amide bonds. The molecule has 0 fully saturated rings. The minimum atomic E-state index is -0.988. The molecule has 0 spiro atoms. The monoisotopic (exact) mass is 184 g/mol. The highest BCUT2D eigenvalue weighted by Crippen LogP contribution is 1.96. The molecule has 0 aromatic rings. The van der Waals surface area contributed by atoms with E-state index in [4.69, 9.17) is 21.3 Å². The first-order chi connectivity index (χ1) is 4.85. The van der Waals surface area contributed by atoms with Gasteiger partial charge in [0.2, 0.25) is 8.83 Å². The van der Waals surface area contributed by atoms with Crippen LogP contribution in [0.2, 0.25) is 0 Å². The number of halogens is 1. The van der Waals surface area contributed by atoms with E-state index in [2.05, 4.69) is 9.47 Å². The molecule has 0 saturated carbocycles. The van der Waals surface area contributed by atoms with Crippen LogP contribution in [-0.4, -0.2) is 32.6 Å². The molecule has 0 unspecified atom stereocenters. The number of hydrogen-bond donors (Lipinski definition) is 2. The van der Waals surface area contributed by atoms with Crippen LogP contribution in [0, 0.1) is 0 Å². The van der Waals surface area contributed by atoms with Crippen molar-refractivity contribution in [3.05, 3.63) is 11.6 Å². The van der Waals surface area contributed by atoms with Gasteiger partial charge in [-0.1, -0.05) is 0 Å². The lowest BCUT2D eigenvalue weighted by Crippen LogP contribution is -1.99. The van der Waals surface area contributed by atoms with Crippen LogP contribution in [0.3, 0.4) is 0 Å². The van der Waals surface area contributed by atoms with Crippen molar-refractivity contribution in [1.82, 2.24) is 0 Å². The molecule has 0 rings (SSSR count). The van der Waals surface area contributed by atoms with Gasteiger partial charge >= 0.3 is 0 Å². The van der Waals surface area contributed by atoms with Crippen LogP contribution in [0.15, 0.2) is 11.6 Å². The van der Waals surface area contributed by atoms with Gasteiger partial charge in [-0.25, -0.2) is 0 Å². The lowest BCUT2D eigenvalue weighted by atomic mass is 11.0. The standard InChI is InChI=1S/C4H9ClO4Si/c5-10-4(9-3-7)1-8-2-6/h1,6-7H,2-3,10H2. The van der Waals surface area contributed by atoms with Crippen molar-refractivity contribution in [3.63, 3.8) is 0 Å². The van der Waals surface area contributed by atoms with Crippen LogP contribution in [0.4, 0.5) is 0 Å². The Kier molecular flexibility index (Phi) is 6.72. The molecular formula is C4H9ClO4Si. The maximum Gasteiger partial charge on any atom is 0.203 e. The molecule has 0 aliphatic heterocycles. The molecule has 0 aromatic heterocycles. The van der Waals surface area contributed by atoms with Gasteiger partial charge < -0.3 is 19.7 Å². The third kappa shape index (κ3) is 4.63. The molecule has 2 N–H and O–H groups in total. The number of aliphatic hydroxyl groups excluding tert-OH is 2. The summed E-state index contributed by atoms with van der Waals surface area (Å²) in [4.78, 5) is 0. The predicted molar refractivity (Wildman–Crippen MR) is 38.8 cm³/mol. The van der Waals surface area contributed by atoms with E-state index >= 15 is 0 Å². The van der Waals surface area contributed by atoms with Crippen molar-refractivity contribution in [2.24, 2.45) is 0 Å². The second-order valence-electron chi connectivity index (χ2n) is 1.29. The smallest absolute Gasteiger partial charge is 0.203 e. The quantitative estimate of drug-likeness (QED) is 0.250. The Labute approximate surface area is 65.5 Å². The van der Waals surface area contributed by atoms with Gasteiger partial charge in [0.1, 0.15) is 11.6 Å². The Balaban J connectivity index is 3.55. The fourth-order valence-electron chi connectivity index (χ4n) is 0.317. The van der Waals surface area contributed by atoms with Gasteiger partial charge in [0.25, 0.3) is 0 Å². The highest BCUT2D eigenvalue weighted by molar-refractivity contribution is 6.97. The van der Waals surface area contributed by atoms with Crippen molar-refractivity contribution >= 4 is 19.9 Å². The Bertz CT molecular complexity index is 107. The molecule has 0 saturated heterocycles. The SMILES string of the molecule is OCOC=C(OCO)[SiH2]Cl. The zero-order valence-corrected chi connectivity index (χ0v) is 7.46. The predicted octanol–water partition coefficient (Wildman–Crippen LogP) is -0.959. The average molecular weight is 185 g/mol. The van der Waals surface area contributed by atoms with Crippen LogP contribution in [0.1, 0.15) is 0 Å². The van der Waals surface area contributed by atoms with Gasteiger partial charge in [0.05, 0.1) is 0 Å². The third-order valence-corrected chi connectivity index (χ3v) is 2.10. The topological polar surface area (TPSA) is 58.9 Å². The fourth-order valence-corrected chi connectivity index (χ4v) is 1.09. The van der Waals surface area contributed by atoms with Gasteiger partial charge in [-0.05, 0) is 0 Å². The average Bonchev–Trinajstić information content (AvgIpc) is 1.98. The summed E-state index contributed by atoms with van der Waals surface area (Å²) in [6.07, 6.45) is 1.20. The molecule has 0 aromatic carbocycles. The number of rotatable bonds is 5. The highest BCUT2D eigenvalue weighted by atomic mass is 35.6. The summed E-state index contributed by atoms with van der Waals surface area (Å²) in [6.45, 7) is -0.829. The summed E-state index contributed by atoms with van der Waals surface area (Å²) in [5, 5.41) is 16.8. The van der Waals surface area contributed by atoms with Gasteiger partial charge in [-0.3, -0.25) is 0 Å². The highest BCUT2D eigenvalue weighted by Gasteiger charge is 1.94. The van der Waals surface area contributed by atoms with E-state index in [1.165, 1.54) is 6.26 Å². The molecule has 60 valence electrons. The molecule has 0 aliphatic rings. The van der Waals surface area contributed by atoms with E-state index in [9.17, 15) is 0 Å². The summed E-state index contributed by atoms with van der Waals surface area (Å²) in [5.41, 5.74) is 0. The van der Waals surface area contributed by atoms with E-state index in [1.54, 1.807) is 0 Å². The zero-order valence-electron chi connectivity index (χ0n) is 5.29. The summed E-state index contributed by atoms with van der Waals surface area (Å²) < 4.78 is 9.05. The molecule has 0 atom stereocenters. The van der Waals surface area contributed by atoms with Gasteiger partial charge in [0, 0.05) is 0 Å². The molecular weight excluding hydrogens is 176 g/mol. The maximum absolute atomic E-state index is 8.25. The first-order valence-corrected chi connectivity index (χ1v) is 5.40. The van der Waals surface area contributed by atoms with Crippen molar-refractivity contribution < 1.29 is 19.7 Å². The Morgan fingerprint density at radius 2 is 2.20 bits per heavy atom. The Hall–Kier alpha value is -0.233. The Morgan fingerprint density at radius 1 is 1.50 bits per heavy atom. The van der Waals surface area contributed by atoms with Crippen LogP contribution >= 0.6 is 11.1 Å². The first kappa shape index (κ1) is 9.77. The summed E-state index contributed by atoms with van der Waals surface area (Å²) in [5.74, 6) is 0. The van der Waals surface area contributed by atoms with Crippen molar-refractivity contribution in [2.45, 2.75) is 0 Å². The van der Waals surface area contributed by atoms with Crippen LogP contribution in [-0.2, 0) is 9.47 Å². The largest absolute Gasteiger partial charge is 0.473 e. The van der Waals surface area contributed by atoms with Crippen molar-refractivity contribution in [2.75, 3.05) is 13.6 Å². The molecule has 0 heterocycles. The van der Waals surface area contributed by atoms with Crippen LogP contribution < -0.4 is 0 Å². The van der Waals surface area contributed by atoms with Crippen molar-refractivity contribution in [3.8, 4) is 0 Å². The lowest BCUT2D eigenvalue weighted by Gasteiger charge is -2.02. The van der Waals surface area contributed by atoms with E-state index < -0.39 is 22.4 Å². The number of ether oxygens (including phenoxy) is 2. The Morgan fingerprint density at radius 3 is 2.60 bits per heavy atom.